The molecule has 0 saturated carbocycles. The zero-order valence-corrected chi connectivity index (χ0v) is 15.2. The van der Waals surface area contributed by atoms with E-state index in [9.17, 15) is 0 Å². The van der Waals surface area contributed by atoms with Crippen molar-refractivity contribution in [1.82, 2.24) is 15.6 Å². The fourth-order valence-electron chi connectivity index (χ4n) is 2.74. The highest BCUT2D eigenvalue weighted by Crippen LogP contribution is 2.24. The molecule has 0 bridgehead atoms. The third-order valence-corrected chi connectivity index (χ3v) is 6.00. The first kappa shape index (κ1) is 16.3. The summed E-state index contributed by atoms with van der Waals surface area (Å²) < 4.78 is 0. The number of hydrogen-bond donors (Lipinski definition) is 2. The molecular formula is C16H23N5S2. The Morgan fingerprint density at radius 2 is 2.22 bits per heavy atom. The summed E-state index contributed by atoms with van der Waals surface area (Å²) in [4.78, 5) is 12.4. The van der Waals surface area contributed by atoms with E-state index in [1.54, 1.807) is 11.3 Å². The summed E-state index contributed by atoms with van der Waals surface area (Å²) in [6.45, 7) is 5.03. The predicted octanol–water partition coefficient (Wildman–Crippen LogP) is 2.85. The first-order valence-corrected chi connectivity index (χ1v) is 9.67. The Hall–Kier alpha value is -1.60. The summed E-state index contributed by atoms with van der Waals surface area (Å²) in [7, 11) is 1.83. The molecule has 0 aromatic carbocycles. The summed E-state index contributed by atoms with van der Waals surface area (Å²) >= 11 is 3.51. The van der Waals surface area contributed by atoms with Crippen LogP contribution in [-0.4, -0.2) is 37.1 Å². The Bertz CT molecular complexity index is 627. The lowest BCUT2D eigenvalue weighted by molar-refractivity contribution is 0.463. The first-order valence-electron chi connectivity index (χ1n) is 7.91. The molecule has 1 aliphatic heterocycles. The second-order valence-corrected chi connectivity index (χ2v) is 7.51. The molecule has 1 fully saturated rings. The molecule has 5 nitrogen and oxygen atoms in total. The topological polar surface area (TPSA) is 52.6 Å². The third kappa shape index (κ3) is 4.23. The van der Waals surface area contributed by atoms with Gasteiger partial charge in [0.1, 0.15) is 0 Å². The van der Waals surface area contributed by atoms with E-state index in [0.717, 1.165) is 44.1 Å². The molecule has 0 atom stereocenters. The molecule has 3 rings (SSSR count). The van der Waals surface area contributed by atoms with E-state index in [0.29, 0.717) is 6.04 Å². The monoisotopic (exact) mass is 349 g/mol. The fourth-order valence-corrected chi connectivity index (χ4v) is 4.24. The van der Waals surface area contributed by atoms with Crippen LogP contribution >= 0.6 is 22.7 Å². The first-order chi connectivity index (χ1) is 11.3. The minimum atomic E-state index is 0.486. The van der Waals surface area contributed by atoms with Crippen molar-refractivity contribution in [2.45, 2.75) is 32.4 Å². The van der Waals surface area contributed by atoms with Gasteiger partial charge in [-0.1, -0.05) is 0 Å². The van der Waals surface area contributed by atoms with Gasteiger partial charge in [-0.25, -0.2) is 4.98 Å². The number of piperidine rings is 1. The van der Waals surface area contributed by atoms with Crippen LogP contribution in [0.1, 0.15) is 23.4 Å². The van der Waals surface area contributed by atoms with Gasteiger partial charge in [0, 0.05) is 31.1 Å². The molecule has 1 saturated heterocycles. The summed E-state index contributed by atoms with van der Waals surface area (Å²) in [5.41, 5.74) is 2.99. The molecule has 23 heavy (non-hydrogen) atoms. The Balaban J connectivity index is 1.46. The van der Waals surface area contributed by atoms with E-state index >= 15 is 0 Å². The number of anilines is 1. The highest BCUT2D eigenvalue weighted by atomic mass is 32.1. The van der Waals surface area contributed by atoms with Crippen molar-refractivity contribution in [3.63, 3.8) is 0 Å². The molecule has 0 radical (unpaired) electrons. The van der Waals surface area contributed by atoms with Gasteiger partial charge in [0.25, 0.3) is 0 Å². The third-order valence-electron chi connectivity index (χ3n) is 4.14. The zero-order chi connectivity index (χ0) is 16.1. The van der Waals surface area contributed by atoms with Crippen molar-refractivity contribution >= 4 is 33.6 Å². The lowest BCUT2D eigenvalue weighted by Crippen LogP contribution is -2.48. The molecule has 7 heteroatoms. The molecule has 1 aliphatic rings. The molecule has 2 aromatic rings. The van der Waals surface area contributed by atoms with Crippen molar-refractivity contribution in [3.8, 4) is 0 Å². The normalized spacial score (nSPS) is 16.6. The van der Waals surface area contributed by atoms with Crippen molar-refractivity contribution in [3.05, 3.63) is 33.6 Å². The Morgan fingerprint density at radius 3 is 2.83 bits per heavy atom. The fraction of sp³-hybridized carbons (Fsp3) is 0.500. The average molecular weight is 350 g/mol. The van der Waals surface area contributed by atoms with E-state index < -0.39 is 0 Å². The van der Waals surface area contributed by atoms with Gasteiger partial charge >= 0.3 is 0 Å². The number of nitrogens with one attached hydrogen (secondary N) is 2. The number of nitrogens with zero attached hydrogens (tertiary/aromatic N) is 3. The quantitative estimate of drug-likeness (QED) is 0.658. The smallest absolute Gasteiger partial charge is 0.191 e. The van der Waals surface area contributed by atoms with Crippen LogP contribution in [0.25, 0.3) is 0 Å². The van der Waals surface area contributed by atoms with Crippen molar-refractivity contribution in [2.24, 2.45) is 4.99 Å². The maximum absolute atomic E-state index is 4.35. The largest absolute Gasteiger partial charge is 0.363 e. The SMILES string of the molecule is CN=C(NCc1scnc1C)NC1CCN(c2cccs2)CC1. The maximum Gasteiger partial charge on any atom is 0.191 e. The van der Waals surface area contributed by atoms with Crippen LogP contribution in [0.2, 0.25) is 0 Å². The molecule has 2 N–H and O–H groups in total. The summed E-state index contributed by atoms with van der Waals surface area (Å²) in [5, 5.41) is 10.5. The van der Waals surface area contributed by atoms with Gasteiger partial charge in [0.2, 0.25) is 0 Å². The lowest BCUT2D eigenvalue weighted by atomic mass is 10.1. The highest BCUT2D eigenvalue weighted by Gasteiger charge is 2.20. The number of hydrogen-bond acceptors (Lipinski definition) is 5. The zero-order valence-electron chi connectivity index (χ0n) is 13.6. The van der Waals surface area contributed by atoms with Crippen molar-refractivity contribution in [2.75, 3.05) is 25.0 Å². The summed E-state index contributed by atoms with van der Waals surface area (Å²) in [5.74, 6) is 0.882. The lowest BCUT2D eigenvalue weighted by Gasteiger charge is -2.33. The van der Waals surface area contributed by atoms with E-state index in [2.05, 4.69) is 43.0 Å². The number of guanidine groups is 1. The van der Waals surface area contributed by atoms with Crippen molar-refractivity contribution in [1.29, 1.82) is 0 Å². The van der Waals surface area contributed by atoms with E-state index in [-0.39, 0.29) is 0 Å². The van der Waals surface area contributed by atoms with Gasteiger partial charge in [0.05, 0.1) is 22.8 Å². The summed E-state index contributed by atoms with van der Waals surface area (Å²) in [6.07, 6.45) is 2.27. The average Bonchev–Trinajstić information content (AvgIpc) is 3.24. The number of aryl methyl sites for hydroxylation is 1. The van der Waals surface area contributed by atoms with Gasteiger partial charge in [-0.2, -0.15) is 0 Å². The van der Waals surface area contributed by atoms with Crippen LogP contribution in [-0.2, 0) is 6.54 Å². The summed E-state index contributed by atoms with van der Waals surface area (Å²) in [6, 6.07) is 4.81. The number of rotatable bonds is 4. The Morgan fingerprint density at radius 1 is 1.39 bits per heavy atom. The molecule has 0 spiro atoms. The van der Waals surface area contributed by atoms with Crippen LogP contribution in [0.5, 0.6) is 0 Å². The standard InChI is InChI=1S/C16H23N5S2/c1-12-14(23-11-19-12)10-18-16(17-2)20-13-5-7-21(8-6-13)15-4-3-9-22-15/h3-4,9,11,13H,5-8,10H2,1-2H3,(H2,17,18,20). The number of thiazole rings is 1. The molecule has 124 valence electrons. The number of aromatic nitrogens is 1. The molecular weight excluding hydrogens is 326 g/mol. The van der Waals surface area contributed by atoms with Gasteiger partial charge in [0.15, 0.2) is 5.96 Å². The number of aliphatic imine (C=N–C) groups is 1. The molecule has 3 heterocycles. The second kappa shape index (κ2) is 7.79. The van der Waals surface area contributed by atoms with Crippen LogP contribution < -0.4 is 15.5 Å². The van der Waals surface area contributed by atoms with Crippen LogP contribution in [0, 0.1) is 6.92 Å². The van der Waals surface area contributed by atoms with Crippen LogP contribution in [0.4, 0.5) is 5.00 Å². The molecule has 0 unspecified atom stereocenters. The molecule has 0 aliphatic carbocycles. The molecule has 0 amide bonds. The van der Waals surface area contributed by atoms with Gasteiger partial charge in [-0.05, 0) is 37.3 Å². The Labute approximate surface area is 145 Å². The minimum Gasteiger partial charge on any atom is -0.363 e. The van der Waals surface area contributed by atoms with Crippen LogP contribution in [0.3, 0.4) is 0 Å². The second-order valence-electron chi connectivity index (χ2n) is 5.64. The van der Waals surface area contributed by atoms with E-state index in [4.69, 9.17) is 0 Å². The van der Waals surface area contributed by atoms with Gasteiger partial charge < -0.3 is 15.5 Å². The Kier molecular flexibility index (Phi) is 5.51. The van der Waals surface area contributed by atoms with Crippen LogP contribution in [0.15, 0.2) is 28.0 Å². The van der Waals surface area contributed by atoms with Crippen molar-refractivity contribution < 1.29 is 0 Å². The minimum absolute atomic E-state index is 0.486. The number of thiophene rings is 1. The predicted molar refractivity (Wildman–Crippen MR) is 99.7 cm³/mol. The molecule has 2 aromatic heterocycles. The van der Waals surface area contributed by atoms with Gasteiger partial charge in [-0.15, -0.1) is 22.7 Å². The van der Waals surface area contributed by atoms with Gasteiger partial charge in [-0.3, -0.25) is 4.99 Å². The van der Waals surface area contributed by atoms with E-state index in [1.807, 2.05) is 30.8 Å². The maximum atomic E-state index is 4.35. The van der Waals surface area contributed by atoms with E-state index in [1.165, 1.54) is 9.88 Å². The highest BCUT2D eigenvalue weighted by molar-refractivity contribution is 7.14.